The van der Waals surface area contributed by atoms with E-state index in [1.807, 2.05) is 6.08 Å². The van der Waals surface area contributed by atoms with Crippen LogP contribution in [0.1, 0.15) is 45.4 Å². The SMILES string of the molecule is C[C@@]12C/C=C\CCCC1=CC(=O)CC2. The number of carbonyl (C=O) groups excluding carboxylic acids is 1. The Bertz CT molecular complexity index is 298. The van der Waals surface area contributed by atoms with Crippen LogP contribution in [0.15, 0.2) is 23.8 Å². The van der Waals surface area contributed by atoms with Gasteiger partial charge in [-0.2, -0.15) is 0 Å². The molecule has 0 aliphatic heterocycles. The Kier molecular flexibility index (Phi) is 2.58. The summed E-state index contributed by atoms with van der Waals surface area (Å²) in [5, 5.41) is 0. The van der Waals surface area contributed by atoms with Gasteiger partial charge in [-0.05, 0) is 43.6 Å². The summed E-state index contributed by atoms with van der Waals surface area (Å²) in [4.78, 5) is 11.4. The lowest BCUT2D eigenvalue weighted by atomic mass is 9.69. The van der Waals surface area contributed by atoms with E-state index in [4.69, 9.17) is 0 Å². The largest absolute Gasteiger partial charge is 0.295 e. The van der Waals surface area contributed by atoms with E-state index in [0.717, 1.165) is 25.7 Å². The van der Waals surface area contributed by atoms with Crippen molar-refractivity contribution in [2.24, 2.45) is 5.41 Å². The predicted molar refractivity (Wildman–Crippen MR) is 58.0 cm³/mol. The fourth-order valence-electron chi connectivity index (χ4n) is 2.48. The Hall–Kier alpha value is -0.850. The molecule has 0 heterocycles. The Morgan fingerprint density at radius 2 is 2.14 bits per heavy atom. The minimum Gasteiger partial charge on any atom is -0.295 e. The van der Waals surface area contributed by atoms with Crippen molar-refractivity contribution in [3.8, 4) is 0 Å². The molecular weight excluding hydrogens is 172 g/mol. The van der Waals surface area contributed by atoms with Crippen LogP contribution in [-0.4, -0.2) is 5.78 Å². The highest BCUT2D eigenvalue weighted by molar-refractivity contribution is 5.91. The fraction of sp³-hybridized carbons (Fsp3) is 0.615. The Morgan fingerprint density at radius 1 is 1.29 bits per heavy atom. The van der Waals surface area contributed by atoms with Crippen molar-refractivity contribution in [3.05, 3.63) is 23.8 Å². The fourth-order valence-corrected chi connectivity index (χ4v) is 2.48. The van der Waals surface area contributed by atoms with E-state index in [1.165, 1.54) is 18.4 Å². The van der Waals surface area contributed by atoms with Crippen LogP contribution in [-0.2, 0) is 4.79 Å². The zero-order valence-corrected chi connectivity index (χ0v) is 8.88. The third-order valence-electron chi connectivity index (χ3n) is 3.59. The maximum atomic E-state index is 11.4. The number of ketones is 1. The van der Waals surface area contributed by atoms with E-state index < -0.39 is 0 Å². The second-order valence-corrected chi connectivity index (χ2v) is 4.76. The number of rotatable bonds is 0. The van der Waals surface area contributed by atoms with Gasteiger partial charge in [-0.25, -0.2) is 0 Å². The molecule has 2 aliphatic rings. The van der Waals surface area contributed by atoms with E-state index in [2.05, 4.69) is 19.1 Å². The van der Waals surface area contributed by atoms with Gasteiger partial charge in [-0.3, -0.25) is 4.79 Å². The van der Waals surface area contributed by atoms with Crippen molar-refractivity contribution < 1.29 is 4.79 Å². The van der Waals surface area contributed by atoms with Crippen LogP contribution in [0.25, 0.3) is 0 Å². The molecule has 0 amide bonds. The molecule has 0 unspecified atom stereocenters. The molecule has 0 fully saturated rings. The first-order valence-electron chi connectivity index (χ1n) is 5.60. The topological polar surface area (TPSA) is 17.1 Å². The van der Waals surface area contributed by atoms with Gasteiger partial charge in [0.05, 0.1) is 0 Å². The quantitative estimate of drug-likeness (QED) is 0.535. The minimum absolute atomic E-state index is 0.283. The van der Waals surface area contributed by atoms with Gasteiger partial charge in [-0.1, -0.05) is 24.6 Å². The van der Waals surface area contributed by atoms with Gasteiger partial charge < -0.3 is 0 Å². The van der Waals surface area contributed by atoms with Crippen LogP contribution >= 0.6 is 0 Å². The predicted octanol–water partition coefficient (Wildman–Crippen LogP) is 3.41. The molecule has 0 saturated carbocycles. The average molecular weight is 190 g/mol. The zero-order chi connectivity index (χ0) is 10.0. The van der Waals surface area contributed by atoms with E-state index in [0.29, 0.717) is 5.78 Å². The molecule has 2 aliphatic carbocycles. The lowest BCUT2D eigenvalue weighted by molar-refractivity contribution is -0.115. The summed E-state index contributed by atoms with van der Waals surface area (Å²) in [7, 11) is 0. The second-order valence-electron chi connectivity index (χ2n) is 4.76. The van der Waals surface area contributed by atoms with Crippen molar-refractivity contribution in [2.45, 2.75) is 45.4 Å². The molecule has 0 aromatic heterocycles. The number of hydrogen-bond donors (Lipinski definition) is 0. The second kappa shape index (κ2) is 3.72. The van der Waals surface area contributed by atoms with Crippen LogP contribution in [0, 0.1) is 5.41 Å². The standard InChI is InChI=1S/C13H18O/c1-13-8-5-3-2-4-6-11(13)10-12(14)7-9-13/h3,5,10H,2,4,6-9H2,1H3/b5-3-/t13-/m0/s1. The number of carbonyl (C=O) groups is 1. The molecule has 1 heteroatoms. The number of hydrogen-bond acceptors (Lipinski definition) is 1. The first-order valence-corrected chi connectivity index (χ1v) is 5.60. The highest BCUT2D eigenvalue weighted by Gasteiger charge is 2.32. The van der Waals surface area contributed by atoms with Crippen LogP contribution in [0.5, 0.6) is 0 Å². The molecule has 0 radical (unpaired) electrons. The first-order chi connectivity index (χ1) is 6.71. The summed E-state index contributed by atoms with van der Waals surface area (Å²) in [6, 6.07) is 0. The van der Waals surface area contributed by atoms with Crippen LogP contribution < -0.4 is 0 Å². The van der Waals surface area contributed by atoms with Crippen LogP contribution in [0.2, 0.25) is 0 Å². The van der Waals surface area contributed by atoms with Crippen molar-refractivity contribution in [1.82, 2.24) is 0 Å². The van der Waals surface area contributed by atoms with Crippen molar-refractivity contribution >= 4 is 5.78 Å². The van der Waals surface area contributed by atoms with Gasteiger partial charge in [0.1, 0.15) is 0 Å². The van der Waals surface area contributed by atoms with Crippen molar-refractivity contribution in [3.63, 3.8) is 0 Å². The zero-order valence-electron chi connectivity index (χ0n) is 8.88. The molecule has 1 nitrogen and oxygen atoms in total. The molecule has 0 N–H and O–H groups in total. The third-order valence-corrected chi connectivity index (χ3v) is 3.59. The Morgan fingerprint density at radius 3 is 3.00 bits per heavy atom. The minimum atomic E-state index is 0.283. The molecule has 76 valence electrons. The lowest BCUT2D eigenvalue weighted by Gasteiger charge is -2.35. The van der Waals surface area contributed by atoms with Gasteiger partial charge in [0.15, 0.2) is 5.78 Å². The average Bonchev–Trinajstić information content (AvgIpc) is 2.14. The van der Waals surface area contributed by atoms with E-state index in [-0.39, 0.29) is 5.41 Å². The summed E-state index contributed by atoms with van der Waals surface area (Å²) in [5.74, 6) is 0.335. The maximum absolute atomic E-state index is 11.4. The van der Waals surface area contributed by atoms with E-state index in [1.54, 1.807) is 0 Å². The van der Waals surface area contributed by atoms with E-state index >= 15 is 0 Å². The van der Waals surface area contributed by atoms with Gasteiger partial charge in [0, 0.05) is 6.42 Å². The molecule has 1 atom stereocenters. The summed E-state index contributed by atoms with van der Waals surface area (Å²) in [6.07, 6.45) is 12.9. The summed E-state index contributed by atoms with van der Waals surface area (Å²) >= 11 is 0. The smallest absolute Gasteiger partial charge is 0.155 e. The monoisotopic (exact) mass is 190 g/mol. The van der Waals surface area contributed by atoms with Gasteiger partial charge in [0.25, 0.3) is 0 Å². The van der Waals surface area contributed by atoms with Crippen molar-refractivity contribution in [2.75, 3.05) is 0 Å². The normalized spacial score (nSPS) is 35.2. The van der Waals surface area contributed by atoms with Crippen LogP contribution in [0.4, 0.5) is 0 Å². The van der Waals surface area contributed by atoms with Crippen molar-refractivity contribution in [1.29, 1.82) is 0 Å². The molecule has 0 saturated heterocycles. The molecule has 0 aromatic rings. The van der Waals surface area contributed by atoms with Gasteiger partial charge in [-0.15, -0.1) is 0 Å². The van der Waals surface area contributed by atoms with Gasteiger partial charge in [0.2, 0.25) is 0 Å². The molecular formula is C13H18O. The third kappa shape index (κ3) is 1.82. The highest BCUT2D eigenvalue weighted by Crippen LogP contribution is 2.42. The summed E-state index contributed by atoms with van der Waals surface area (Å²) < 4.78 is 0. The molecule has 0 aromatic carbocycles. The first kappa shape index (κ1) is 9.70. The highest BCUT2D eigenvalue weighted by atomic mass is 16.1. The summed E-state index contributed by atoms with van der Waals surface area (Å²) in [6.45, 7) is 2.31. The maximum Gasteiger partial charge on any atom is 0.155 e. The van der Waals surface area contributed by atoms with Gasteiger partial charge >= 0.3 is 0 Å². The number of fused-ring (bicyclic) bond motifs is 1. The Balaban J connectivity index is 2.28. The van der Waals surface area contributed by atoms with Crippen LogP contribution in [0.3, 0.4) is 0 Å². The summed E-state index contributed by atoms with van der Waals surface area (Å²) in [5.41, 5.74) is 1.68. The molecule has 0 spiro atoms. The Labute approximate surface area is 85.9 Å². The lowest BCUT2D eigenvalue weighted by Crippen LogP contribution is -2.25. The molecule has 2 rings (SSSR count). The number of allylic oxidation sites excluding steroid dienone is 4. The molecule has 0 bridgehead atoms. The van der Waals surface area contributed by atoms with E-state index in [9.17, 15) is 4.79 Å². The molecule has 14 heavy (non-hydrogen) atoms.